The summed E-state index contributed by atoms with van der Waals surface area (Å²) in [7, 11) is 1.70. The van der Waals surface area contributed by atoms with Crippen molar-refractivity contribution >= 4 is 5.96 Å². The zero-order valence-electron chi connectivity index (χ0n) is 15.1. The van der Waals surface area contributed by atoms with Crippen LogP contribution in [-0.4, -0.2) is 19.1 Å². The quantitative estimate of drug-likeness (QED) is 0.596. The summed E-state index contributed by atoms with van der Waals surface area (Å²) in [6, 6.07) is 15.0. The number of guanidine groups is 1. The second-order valence-corrected chi connectivity index (χ2v) is 6.05. The number of halogens is 1. The van der Waals surface area contributed by atoms with E-state index in [0.717, 1.165) is 11.1 Å². The molecular formula is C20H26FN3O. The Kier molecular flexibility index (Phi) is 7.41. The Morgan fingerprint density at radius 3 is 2.28 bits per heavy atom. The lowest BCUT2D eigenvalue weighted by molar-refractivity contribution is 0.0657. The second kappa shape index (κ2) is 9.79. The molecule has 0 amide bonds. The van der Waals surface area contributed by atoms with Gasteiger partial charge in [-0.05, 0) is 31.0 Å². The molecule has 4 nitrogen and oxygen atoms in total. The van der Waals surface area contributed by atoms with Gasteiger partial charge in [-0.25, -0.2) is 4.39 Å². The molecule has 0 saturated carbocycles. The average Bonchev–Trinajstić information content (AvgIpc) is 2.62. The Labute approximate surface area is 149 Å². The first kappa shape index (κ1) is 18.9. The topological polar surface area (TPSA) is 45.7 Å². The van der Waals surface area contributed by atoms with Gasteiger partial charge in [0.15, 0.2) is 5.96 Å². The van der Waals surface area contributed by atoms with Crippen LogP contribution < -0.4 is 10.6 Å². The van der Waals surface area contributed by atoms with Crippen LogP contribution in [0.25, 0.3) is 0 Å². The van der Waals surface area contributed by atoms with Crippen molar-refractivity contribution in [3.05, 3.63) is 71.0 Å². The minimum atomic E-state index is -0.218. The molecule has 134 valence electrons. The van der Waals surface area contributed by atoms with Crippen LogP contribution in [0.1, 0.15) is 30.5 Å². The molecule has 0 heterocycles. The molecule has 0 aliphatic rings. The number of ether oxygens (including phenoxy) is 1. The molecular weight excluding hydrogens is 317 g/mol. The van der Waals surface area contributed by atoms with Crippen LogP contribution in [0, 0.1) is 5.82 Å². The molecule has 2 N–H and O–H groups in total. The highest BCUT2D eigenvalue weighted by atomic mass is 19.1. The predicted octanol–water partition coefficient (Wildman–Crippen LogP) is 3.62. The third-order valence-electron chi connectivity index (χ3n) is 3.69. The molecule has 25 heavy (non-hydrogen) atoms. The molecule has 0 saturated heterocycles. The van der Waals surface area contributed by atoms with Gasteiger partial charge in [0, 0.05) is 25.7 Å². The van der Waals surface area contributed by atoms with Gasteiger partial charge in [0.05, 0.1) is 12.7 Å². The number of hydrogen-bond acceptors (Lipinski definition) is 2. The summed E-state index contributed by atoms with van der Waals surface area (Å²) in [5.74, 6) is 0.417. The summed E-state index contributed by atoms with van der Waals surface area (Å²) in [6.07, 6.45) is 0.227. The fourth-order valence-electron chi connectivity index (χ4n) is 2.24. The van der Waals surface area contributed by atoms with Crippen LogP contribution in [0.4, 0.5) is 4.39 Å². The van der Waals surface area contributed by atoms with Crippen LogP contribution in [0.5, 0.6) is 0 Å². The molecule has 0 spiro atoms. The molecule has 0 unspecified atom stereocenters. The molecule has 2 aromatic carbocycles. The van der Waals surface area contributed by atoms with Crippen molar-refractivity contribution in [2.75, 3.05) is 7.05 Å². The minimum absolute atomic E-state index is 0.218. The number of rotatable bonds is 7. The number of aliphatic imine (C=N–C) groups is 1. The van der Waals surface area contributed by atoms with Gasteiger partial charge in [-0.2, -0.15) is 0 Å². The zero-order valence-corrected chi connectivity index (χ0v) is 15.1. The third kappa shape index (κ3) is 6.55. The van der Waals surface area contributed by atoms with E-state index in [0.29, 0.717) is 31.2 Å². The van der Waals surface area contributed by atoms with Gasteiger partial charge in [0.2, 0.25) is 0 Å². The Bertz CT molecular complexity index is 684. The highest BCUT2D eigenvalue weighted by Gasteiger charge is 2.03. The molecule has 0 aromatic heterocycles. The van der Waals surface area contributed by atoms with E-state index in [1.807, 2.05) is 19.9 Å². The summed E-state index contributed by atoms with van der Waals surface area (Å²) in [5, 5.41) is 6.35. The highest BCUT2D eigenvalue weighted by molar-refractivity contribution is 5.79. The smallest absolute Gasteiger partial charge is 0.191 e. The van der Waals surface area contributed by atoms with Gasteiger partial charge in [0.25, 0.3) is 0 Å². The Balaban J connectivity index is 1.81. The lowest BCUT2D eigenvalue weighted by Gasteiger charge is -2.13. The number of hydrogen-bond donors (Lipinski definition) is 2. The van der Waals surface area contributed by atoms with E-state index in [4.69, 9.17) is 4.74 Å². The van der Waals surface area contributed by atoms with E-state index in [9.17, 15) is 4.39 Å². The second-order valence-electron chi connectivity index (χ2n) is 6.05. The molecule has 2 aromatic rings. The molecule has 0 bridgehead atoms. The van der Waals surface area contributed by atoms with Crippen LogP contribution in [0.3, 0.4) is 0 Å². The summed E-state index contributed by atoms with van der Waals surface area (Å²) < 4.78 is 19.2. The summed E-state index contributed by atoms with van der Waals surface area (Å²) >= 11 is 0. The Morgan fingerprint density at radius 1 is 1.00 bits per heavy atom. The fraction of sp³-hybridized carbons (Fsp3) is 0.350. The zero-order chi connectivity index (χ0) is 18.1. The minimum Gasteiger partial charge on any atom is -0.374 e. The molecule has 0 aliphatic heterocycles. The van der Waals surface area contributed by atoms with Crippen molar-refractivity contribution in [3.63, 3.8) is 0 Å². The van der Waals surface area contributed by atoms with E-state index < -0.39 is 0 Å². The molecule has 2 rings (SSSR count). The van der Waals surface area contributed by atoms with Crippen molar-refractivity contribution in [1.82, 2.24) is 10.6 Å². The lowest BCUT2D eigenvalue weighted by atomic mass is 10.1. The molecule has 0 aliphatic carbocycles. The maximum absolute atomic E-state index is 13.6. The highest BCUT2D eigenvalue weighted by Crippen LogP contribution is 2.07. The molecule has 0 radical (unpaired) electrons. The van der Waals surface area contributed by atoms with Crippen LogP contribution in [0.15, 0.2) is 53.5 Å². The van der Waals surface area contributed by atoms with Gasteiger partial charge in [-0.15, -0.1) is 0 Å². The Morgan fingerprint density at radius 2 is 1.64 bits per heavy atom. The van der Waals surface area contributed by atoms with Crippen molar-refractivity contribution in [2.24, 2.45) is 4.99 Å². The Hall–Kier alpha value is -2.40. The lowest BCUT2D eigenvalue weighted by Crippen LogP contribution is -2.36. The third-order valence-corrected chi connectivity index (χ3v) is 3.69. The average molecular weight is 343 g/mol. The molecule has 0 atom stereocenters. The van der Waals surface area contributed by atoms with Gasteiger partial charge >= 0.3 is 0 Å². The van der Waals surface area contributed by atoms with Gasteiger partial charge in [-0.3, -0.25) is 4.99 Å². The van der Waals surface area contributed by atoms with Crippen molar-refractivity contribution in [3.8, 4) is 0 Å². The van der Waals surface area contributed by atoms with Crippen LogP contribution >= 0.6 is 0 Å². The van der Waals surface area contributed by atoms with Gasteiger partial charge in [0.1, 0.15) is 5.82 Å². The van der Waals surface area contributed by atoms with Crippen molar-refractivity contribution < 1.29 is 9.13 Å². The normalized spacial score (nSPS) is 11.6. The van der Waals surface area contributed by atoms with E-state index in [1.165, 1.54) is 6.07 Å². The number of nitrogens with zero attached hydrogens (tertiary/aromatic N) is 1. The van der Waals surface area contributed by atoms with E-state index in [1.54, 1.807) is 19.2 Å². The maximum Gasteiger partial charge on any atom is 0.191 e. The van der Waals surface area contributed by atoms with E-state index >= 15 is 0 Å². The first-order valence-corrected chi connectivity index (χ1v) is 8.46. The molecule has 5 heteroatoms. The SMILES string of the molecule is CN=C(NCc1ccc(COC(C)C)cc1)NCc1ccccc1F. The standard InChI is InChI=1S/C20H26FN3O/c1-15(2)25-14-17-10-8-16(9-11-17)12-23-20(22-3)24-13-18-6-4-5-7-19(18)21/h4-11,15H,12-14H2,1-3H3,(H2,22,23,24). The van der Waals surface area contributed by atoms with Crippen molar-refractivity contribution in [1.29, 1.82) is 0 Å². The monoisotopic (exact) mass is 343 g/mol. The number of nitrogens with one attached hydrogen (secondary N) is 2. The fourth-order valence-corrected chi connectivity index (χ4v) is 2.24. The van der Waals surface area contributed by atoms with Crippen LogP contribution in [-0.2, 0) is 24.4 Å². The first-order valence-electron chi connectivity index (χ1n) is 8.46. The number of benzene rings is 2. The summed E-state index contributed by atoms with van der Waals surface area (Å²) in [6.45, 7) is 5.70. The van der Waals surface area contributed by atoms with Crippen LogP contribution in [0.2, 0.25) is 0 Å². The van der Waals surface area contributed by atoms with E-state index in [-0.39, 0.29) is 11.9 Å². The predicted molar refractivity (Wildman–Crippen MR) is 99.8 cm³/mol. The van der Waals surface area contributed by atoms with Gasteiger partial charge in [-0.1, -0.05) is 42.5 Å². The summed E-state index contributed by atoms with van der Waals surface area (Å²) in [5.41, 5.74) is 2.90. The van der Waals surface area contributed by atoms with Crippen molar-refractivity contribution in [2.45, 2.75) is 39.6 Å². The largest absolute Gasteiger partial charge is 0.374 e. The van der Waals surface area contributed by atoms with E-state index in [2.05, 4.69) is 39.9 Å². The van der Waals surface area contributed by atoms with Gasteiger partial charge < -0.3 is 15.4 Å². The summed E-state index contributed by atoms with van der Waals surface area (Å²) in [4.78, 5) is 4.17. The maximum atomic E-state index is 13.6. The first-order chi connectivity index (χ1) is 12.1. The molecule has 0 fully saturated rings.